The minimum atomic E-state index is -0.886. The average molecular weight is 330 g/mol. The fraction of sp³-hybridized carbons (Fsp3) is 0.412. The van der Waals surface area contributed by atoms with Gasteiger partial charge in [-0.05, 0) is 18.9 Å². The van der Waals surface area contributed by atoms with E-state index < -0.39 is 17.9 Å². The summed E-state index contributed by atoms with van der Waals surface area (Å²) in [6, 6.07) is 10.3. The summed E-state index contributed by atoms with van der Waals surface area (Å²) >= 11 is 0. The summed E-state index contributed by atoms with van der Waals surface area (Å²) in [7, 11) is 0. The number of nitriles is 1. The number of primary amides is 1. The smallest absolute Gasteiger partial charge is 0.240 e. The third-order valence-corrected chi connectivity index (χ3v) is 3.48. The average Bonchev–Trinajstić information content (AvgIpc) is 2.57. The molecule has 0 saturated carbocycles. The minimum absolute atomic E-state index is 0.00669. The fourth-order valence-electron chi connectivity index (χ4n) is 2.13. The van der Waals surface area contributed by atoms with Gasteiger partial charge in [-0.15, -0.1) is 0 Å². The van der Waals surface area contributed by atoms with Crippen LogP contribution >= 0.6 is 0 Å². The van der Waals surface area contributed by atoms with Crippen molar-refractivity contribution in [1.82, 2.24) is 10.6 Å². The third kappa shape index (κ3) is 6.92. The van der Waals surface area contributed by atoms with E-state index in [2.05, 4.69) is 10.6 Å². The highest BCUT2D eigenvalue weighted by molar-refractivity contribution is 5.88. The highest BCUT2D eigenvalue weighted by atomic mass is 16.2. The molecule has 1 aromatic carbocycles. The van der Waals surface area contributed by atoms with E-state index in [1.165, 1.54) is 0 Å². The van der Waals surface area contributed by atoms with Gasteiger partial charge in [0.2, 0.25) is 17.7 Å². The van der Waals surface area contributed by atoms with Gasteiger partial charge in [0.05, 0.1) is 12.1 Å². The van der Waals surface area contributed by atoms with Gasteiger partial charge in [-0.25, -0.2) is 0 Å². The van der Waals surface area contributed by atoms with Gasteiger partial charge in [0.1, 0.15) is 6.04 Å². The van der Waals surface area contributed by atoms with E-state index in [1.807, 2.05) is 43.3 Å². The molecule has 1 aromatic rings. The first-order valence-electron chi connectivity index (χ1n) is 7.74. The first-order chi connectivity index (χ1) is 11.4. The molecular weight excluding hydrogens is 308 g/mol. The van der Waals surface area contributed by atoms with Gasteiger partial charge >= 0.3 is 0 Å². The van der Waals surface area contributed by atoms with Gasteiger partial charge in [0.25, 0.3) is 0 Å². The first-order valence-corrected chi connectivity index (χ1v) is 7.74. The van der Waals surface area contributed by atoms with Crippen LogP contribution in [0.15, 0.2) is 30.3 Å². The van der Waals surface area contributed by atoms with Crippen LogP contribution in [0.5, 0.6) is 0 Å². The Morgan fingerprint density at radius 2 is 1.71 bits per heavy atom. The summed E-state index contributed by atoms with van der Waals surface area (Å²) in [6.07, 6.45) is 0.230. The van der Waals surface area contributed by atoms with E-state index in [9.17, 15) is 14.4 Å². The van der Waals surface area contributed by atoms with Crippen molar-refractivity contribution in [2.24, 2.45) is 5.73 Å². The van der Waals surface area contributed by atoms with Crippen LogP contribution in [0.4, 0.5) is 0 Å². The number of nitrogens with two attached hydrogens (primary N) is 1. The van der Waals surface area contributed by atoms with Crippen LogP contribution in [0.1, 0.15) is 44.2 Å². The van der Waals surface area contributed by atoms with E-state index in [-0.39, 0.29) is 37.6 Å². The second-order valence-corrected chi connectivity index (χ2v) is 5.42. The molecule has 7 heteroatoms. The molecule has 0 aliphatic rings. The van der Waals surface area contributed by atoms with Gasteiger partial charge in [0, 0.05) is 19.3 Å². The van der Waals surface area contributed by atoms with Crippen molar-refractivity contribution in [3.8, 4) is 6.07 Å². The molecule has 0 saturated heterocycles. The van der Waals surface area contributed by atoms with Gasteiger partial charge in [-0.1, -0.05) is 30.3 Å². The zero-order chi connectivity index (χ0) is 17.9. The molecule has 0 aromatic heterocycles. The van der Waals surface area contributed by atoms with Crippen molar-refractivity contribution in [1.29, 1.82) is 5.26 Å². The topological polar surface area (TPSA) is 125 Å². The van der Waals surface area contributed by atoms with E-state index in [4.69, 9.17) is 11.0 Å². The van der Waals surface area contributed by atoms with Gasteiger partial charge in [-0.3, -0.25) is 14.4 Å². The van der Waals surface area contributed by atoms with Crippen LogP contribution in [0.25, 0.3) is 0 Å². The number of benzene rings is 1. The Labute approximate surface area is 141 Å². The lowest BCUT2D eigenvalue weighted by Crippen LogP contribution is -2.44. The summed E-state index contributed by atoms with van der Waals surface area (Å²) in [5, 5.41) is 13.8. The van der Waals surface area contributed by atoms with Crippen LogP contribution in [0.3, 0.4) is 0 Å². The standard InChI is InChI=1S/C17H22N4O3/c1-12(13-6-3-2-4-7-13)20-15(22)9-10-16(23)21-14(17(19)24)8-5-11-18/h2-4,6-7,12,14H,5,8-10H2,1H3,(H2,19,24)(H,20,22)(H,21,23)/t12-,14+/m1/s1. The summed E-state index contributed by atoms with van der Waals surface area (Å²) in [5.41, 5.74) is 6.14. The van der Waals surface area contributed by atoms with Crippen molar-refractivity contribution < 1.29 is 14.4 Å². The zero-order valence-corrected chi connectivity index (χ0v) is 13.6. The lowest BCUT2D eigenvalue weighted by atomic mass is 10.1. The molecule has 24 heavy (non-hydrogen) atoms. The molecule has 4 N–H and O–H groups in total. The second-order valence-electron chi connectivity index (χ2n) is 5.42. The van der Waals surface area contributed by atoms with E-state index in [0.717, 1.165) is 5.56 Å². The van der Waals surface area contributed by atoms with Crippen molar-refractivity contribution >= 4 is 17.7 Å². The number of rotatable bonds is 9. The molecule has 7 nitrogen and oxygen atoms in total. The fourth-order valence-corrected chi connectivity index (χ4v) is 2.13. The molecule has 0 unspecified atom stereocenters. The van der Waals surface area contributed by atoms with Crippen LogP contribution in [-0.4, -0.2) is 23.8 Å². The highest BCUT2D eigenvalue weighted by Crippen LogP contribution is 2.11. The van der Waals surface area contributed by atoms with E-state index in [0.29, 0.717) is 0 Å². The molecule has 0 radical (unpaired) electrons. The molecule has 0 aliphatic heterocycles. The predicted molar refractivity (Wildman–Crippen MR) is 88.2 cm³/mol. The first kappa shape index (κ1) is 19.2. The molecule has 3 amide bonds. The van der Waals surface area contributed by atoms with Crippen molar-refractivity contribution in [3.05, 3.63) is 35.9 Å². The van der Waals surface area contributed by atoms with Crippen LogP contribution in [-0.2, 0) is 14.4 Å². The molecule has 0 heterocycles. The number of hydrogen-bond acceptors (Lipinski definition) is 4. The Morgan fingerprint density at radius 3 is 2.25 bits per heavy atom. The maximum atomic E-state index is 11.9. The number of nitrogens with zero attached hydrogens (tertiary/aromatic N) is 1. The molecule has 0 aliphatic carbocycles. The Morgan fingerprint density at radius 1 is 1.12 bits per heavy atom. The van der Waals surface area contributed by atoms with E-state index >= 15 is 0 Å². The van der Waals surface area contributed by atoms with Crippen molar-refractivity contribution in [3.63, 3.8) is 0 Å². The lowest BCUT2D eigenvalue weighted by Gasteiger charge is -2.15. The maximum Gasteiger partial charge on any atom is 0.240 e. The highest BCUT2D eigenvalue weighted by Gasteiger charge is 2.18. The van der Waals surface area contributed by atoms with Gasteiger partial charge < -0.3 is 16.4 Å². The van der Waals surface area contributed by atoms with Gasteiger partial charge in [-0.2, -0.15) is 5.26 Å². The zero-order valence-electron chi connectivity index (χ0n) is 13.6. The molecule has 0 spiro atoms. The number of carbonyl (C=O) groups excluding carboxylic acids is 3. The molecular formula is C17H22N4O3. The van der Waals surface area contributed by atoms with E-state index in [1.54, 1.807) is 0 Å². The van der Waals surface area contributed by atoms with Gasteiger partial charge in [0.15, 0.2) is 0 Å². The Kier molecular flexibility index (Phi) is 7.99. The second kappa shape index (κ2) is 10.0. The maximum absolute atomic E-state index is 11.9. The lowest BCUT2D eigenvalue weighted by molar-refractivity contribution is -0.129. The summed E-state index contributed by atoms with van der Waals surface area (Å²) in [5.74, 6) is -1.39. The number of carbonyl (C=O) groups is 3. The summed E-state index contributed by atoms with van der Waals surface area (Å²) in [4.78, 5) is 34.9. The largest absolute Gasteiger partial charge is 0.368 e. The van der Waals surface area contributed by atoms with Crippen molar-refractivity contribution in [2.75, 3.05) is 0 Å². The SMILES string of the molecule is C[C@@H](NC(=O)CCC(=O)N[C@@H](CCC#N)C(N)=O)c1ccccc1. The quantitative estimate of drug-likeness (QED) is 0.622. The number of hydrogen-bond donors (Lipinski definition) is 3. The Hall–Kier alpha value is -2.88. The third-order valence-electron chi connectivity index (χ3n) is 3.48. The van der Waals surface area contributed by atoms with Crippen molar-refractivity contribution in [2.45, 2.75) is 44.7 Å². The Bertz CT molecular complexity index is 610. The summed E-state index contributed by atoms with van der Waals surface area (Å²) < 4.78 is 0. The number of amides is 3. The molecule has 0 fully saturated rings. The monoisotopic (exact) mass is 330 g/mol. The molecule has 128 valence electrons. The molecule has 1 rings (SSSR count). The molecule has 0 bridgehead atoms. The van der Waals surface area contributed by atoms with Crippen LogP contribution < -0.4 is 16.4 Å². The number of nitrogens with one attached hydrogen (secondary N) is 2. The normalized spacial score (nSPS) is 12.5. The van der Waals surface area contributed by atoms with Crippen LogP contribution in [0, 0.1) is 11.3 Å². The molecule has 2 atom stereocenters. The summed E-state index contributed by atoms with van der Waals surface area (Å²) in [6.45, 7) is 1.86. The predicted octanol–water partition coefficient (Wildman–Crippen LogP) is 0.918. The van der Waals surface area contributed by atoms with Crippen LogP contribution in [0.2, 0.25) is 0 Å². The Balaban J connectivity index is 2.39. The minimum Gasteiger partial charge on any atom is -0.368 e.